The zero-order chi connectivity index (χ0) is 22.1. The molecular weight excluding hydrogens is 382 g/mol. The Hall–Kier alpha value is -2.69. The molecule has 1 aliphatic rings. The Morgan fingerprint density at radius 1 is 1.07 bits per heavy atom. The molecule has 0 radical (unpaired) electrons. The fraction of sp³-hybridized carbons (Fsp3) is 0.722. The lowest BCUT2D eigenvalue weighted by atomic mass is 10.0. The minimum atomic E-state index is -1.21. The van der Waals surface area contributed by atoms with Crippen LogP contribution in [0.2, 0.25) is 0 Å². The average Bonchev–Trinajstić information content (AvgIpc) is 3.16. The molecule has 1 aliphatic heterocycles. The summed E-state index contributed by atoms with van der Waals surface area (Å²) in [6.45, 7) is 5.39. The third kappa shape index (κ3) is 8.06. The second kappa shape index (κ2) is 11.3. The summed E-state index contributed by atoms with van der Waals surface area (Å²) in [5.74, 6) is -3.83. The van der Waals surface area contributed by atoms with E-state index >= 15 is 0 Å². The highest BCUT2D eigenvalue weighted by atomic mass is 16.4. The van der Waals surface area contributed by atoms with Gasteiger partial charge in [-0.15, -0.1) is 0 Å². The third-order valence-corrected chi connectivity index (χ3v) is 4.67. The lowest BCUT2D eigenvalue weighted by Crippen LogP contribution is -2.58. The van der Waals surface area contributed by atoms with E-state index in [1.807, 2.05) is 0 Å². The van der Waals surface area contributed by atoms with Gasteiger partial charge in [0, 0.05) is 6.42 Å². The molecule has 1 rings (SSSR count). The maximum atomic E-state index is 12.8. The number of amides is 4. The lowest BCUT2D eigenvalue weighted by molar-refractivity contribution is -0.142. The molecule has 1 heterocycles. The van der Waals surface area contributed by atoms with Gasteiger partial charge in [0.15, 0.2) is 0 Å². The summed E-state index contributed by atoms with van der Waals surface area (Å²) in [6, 6.07) is -3.61. The van der Waals surface area contributed by atoms with E-state index in [0.717, 1.165) is 6.42 Å². The first-order chi connectivity index (χ1) is 13.5. The monoisotopic (exact) mass is 413 g/mol. The van der Waals surface area contributed by atoms with Crippen LogP contribution in [0.5, 0.6) is 0 Å². The van der Waals surface area contributed by atoms with Gasteiger partial charge in [0.1, 0.15) is 18.1 Å². The Kier molecular flexibility index (Phi) is 9.53. The number of hydrogen-bond acceptors (Lipinski definition) is 6. The van der Waals surface area contributed by atoms with Crippen molar-refractivity contribution in [2.24, 2.45) is 11.7 Å². The van der Waals surface area contributed by atoms with Gasteiger partial charge in [0.05, 0.1) is 6.04 Å². The smallest absolute Gasteiger partial charge is 0.325 e. The number of carbonyl (C=O) groups excluding carboxylic acids is 4. The summed E-state index contributed by atoms with van der Waals surface area (Å²) in [7, 11) is 0. The van der Waals surface area contributed by atoms with Gasteiger partial charge in [-0.05, 0) is 38.6 Å². The maximum absolute atomic E-state index is 12.8. The number of nitrogens with one attached hydrogen (secondary N) is 4. The van der Waals surface area contributed by atoms with E-state index in [1.54, 1.807) is 13.8 Å². The minimum Gasteiger partial charge on any atom is -0.480 e. The first-order valence-corrected chi connectivity index (χ1v) is 9.68. The molecule has 1 fully saturated rings. The number of nitrogens with two attached hydrogens (primary N) is 1. The summed E-state index contributed by atoms with van der Waals surface area (Å²) in [5.41, 5.74) is 5.16. The molecule has 0 aromatic rings. The van der Waals surface area contributed by atoms with Crippen molar-refractivity contribution in [3.8, 4) is 0 Å². The summed E-state index contributed by atoms with van der Waals surface area (Å²) in [5, 5.41) is 19.4. The molecule has 0 bridgehead atoms. The second-order valence-electron chi connectivity index (χ2n) is 7.51. The number of aliphatic carboxylic acids is 1. The lowest BCUT2D eigenvalue weighted by Gasteiger charge is -2.26. The molecule has 4 unspecified atom stereocenters. The Balaban J connectivity index is 2.84. The summed E-state index contributed by atoms with van der Waals surface area (Å²) >= 11 is 0. The van der Waals surface area contributed by atoms with Crippen LogP contribution in [0, 0.1) is 5.92 Å². The van der Waals surface area contributed by atoms with E-state index in [9.17, 15) is 24.0 Å². The number of carboxylic acids is 1. The highest BCUT2D eigenvalue weighted by Crippen LogP contribution is 2.08. The quantitative estimate of drug-likeness (QED) is 0.231. The van der Waals surface area contributed by atoms with E-state index in [0.29, 0.717) is 13.0 Å². The first-order valence-electron chi connectivity index (χ1n) is 9.68. The van der Waals surface area contributed by atoms with E-state index < -0.39 is 47.9 Å². The van der Waals surface area contributed by atoms with Crippen LogP contribution in [-0.2, 0) is 24.0 Å². The minimum absolute atomic E-state index is 0.0163. The highest BCUT2D eigenvalue weighted by molar-refractivity contribution is 5.94. The van der Waals surface area contributed by atoms with Crippen molar-refractivity contribution in [1.82, 2.24) is 21.3 Å². The normalized spacial score (nSPS) is 19.1. The predicted molar refractivity (Wildman–Crippen MR) is 103 cm³/mol. The summed E-state index contributed by atoms with van der Waals surface area (Å²) in [6.07, 6.45) is 1.34. The van der Waals surface area contributed by atoms with Crippen LogP contribution in [-0.4, -0.2) is 65.4 Å². The highest BCUT2D eigenvalue weighted by Gasteiger charge is 2.32. The van der Waals surface area contributed by atoms with E-state index in [4.69, 9.17) is 10.8 Å². The maximum Gasteiger partial charge on any atom is 0.325 e. The Morgan fingerprint density at radius 3 is 2.21 bits per heavy atom. The SMILES string of the molecule is CC(NC(=O)C(NC(=O)C(CCC(N)=O)NC(=O)C1CCCN1)C(C)C)C(=O)O. The van der Waals surface area contributed by atoms with E-state index in [2.05, 4.69) is 21.3 Å². The first kappa shape index (κ1) is 24.3. The molecule has 0 aromatic carbocycles. The molecule has 0 aliphatic carbocycles. The second-order valence-corrected chi connectivity index (χ2v) is 7.51. The van der Waals surface area contributed by atoms with Crippen molar-refractivity contribution in [3.63, 3.8) is 0 Å². The Labute approximate surface area is 169 Å². The van der Waals surface area contributed by atoms with Gasteiger partial charge in [0.2, 0.25) is 23.6 Å². The standard InChI is InChI=1S/C18H31N5O6/c1-9(2)14(17(27)21-10(3)18(28)29)23-16(26)12(6-7-13(19)24)22-15(25)11-5-4-8-20-11/h9-12,14,20H,4-8H2,1-3H3,(H2,19,24)(H,21,27)(H,22,25)(H,23,26)(H,28,29). The van der Waals surface area contributed by atoms with E-state index in [1.165, 1.54) is 6.92 Å². The van der Waals surface area contributed by atoms with Gasteiger partial charge in [0.25, 0.3) is 0 Å². The number of rotatable bonds is 11. The van der Waals surface area contributed by atoms with Gasteiger partial charge in [-0.3, -0.25) is 24.0 Å². The van der Waals surface area contributed by atoms with Crippen LogP contribution in [0.3, 0.4) is 0 Å². The van der Waals surface area contributed by atoms with Gasteiger partial charge < -0.3 is 32.1 Å². The Bertz CT molecular complexity index is 632. The fourth-order valence-corrected chi connectivity index (χ4v) is 2.89. The topological polar surface area (TPSA) is 180 Å². The molecule has 164 valence electrons. The fourth-order valence-electron chi connectivity index (χ4n) is 2.89. The van der Waals surface area contributed by atoms with Gasteiger partial charge in [-0.25, -0.2) is 0 Å². The predicted octanol–water partition coefficient (Wildman–Crippen LogP) is -1.78. The van der Waals surface area contributed by atoms with Crippen LogP contribution >= 0.6 is 0 Å². The number of hydrogen-bond donors (Lipinski definition) is 6. The van der Waals surface area contributed by atoms with Crippen molar-refractivity contribution >= 4 is 29.6 Å². The van der Waals surface area contributed by atoms with Crippen LogP contribution in [0.4, 0.5) is 0 Å². The largest absolute Gasteiger partial charge is 0.480 e. The van der Waals surface area contributed by atoms with Crippen molar-refractivity contribution in [2.75, 3.05) is 6.54 Å². The summed E-state index contributed by atoms with van der Waals surface area (Å²) in [4.78, 5) is 59.6. The van der Waals surface area contributed by atoms with Crippen molar-refractivity contribution < 1.29 is 29.1 Å². The zero-order valence-electron chi connectivity index (χ0n) is 17.0. The molecule has 4 atom stereocenters. The molecule has 29 heavy (non-hydrogen) atoms. The molecule has 4 amide bonds. The van der Waals surface area contributed by atoms with Gasteiger partial charge >= 0.3 is 5.97 Å². The molecule has 11 heteroatoms. The van der Waals surface area contributed by atoms with Crippen LogP contribution in [0.15, 0.2) is 0 Å². The summed E-state index contributed by atoms with van der Waals surface area (Å²) < 4.78 is 0. The molecule has 0 spiro atoms. The zero-order valence-corrected chi connectivity index (χ0v) is 17.0. The van der Waals surface area contributed by atoms with Crippen LogP contribution in [0.1, 0.15) is 46.5 Å². The van der Waals surface area contributed by atoms with Crippen molar-refractivity contribution in [2.45, 2.75) is 70.6 Å². The van der Waals surface area contributed by atoms with Gasteiger partial charge in [-0.1, -0.05) is 13.8 Å². The van der Waals surface area contributed by atoms with Crippen molar-refractivity contribution in [3.05, 3.63) is 0 Å². The molecule has 1 saturated heterocycles. The molecule has 0 aromatic heterocycles. The van der Waals surface area contributed by atoms with Crippen LogP contribution in [0.25, 0.3) is 0 Å². The number of carbonyl (C=O) groups is 5. The number of primary amides is 1. The molecule has 7 N–H and O–H groups in total. The Morgan fingerprint density at radius 2 is 1.72 bits per heavy atom. The van der Waals surface area contributed by atoms with Crippen molar-refractivity contribution in [1.29, 1.82) is 0 Å². The van der Waals surface area contributed by atoms with Gasteiger partial charge in [-0.2, -0.15) is 0 Å². The molecule has 0 saturated carbocycles. The van der Waals surface area contributed by atoms with Crippen LogP contribution < -0.4 is 27.0 Å². The average molecular weight is 413 g/mol. The number of carboxylic acid groups (broad SMARTS) is 1. The van der Waals surface area contributed by atoms with E-state index in [-0.39, 0.29) is 24.7 Å². The third-order valence-electron chi connectivity index (χ3n) is 4.67. The molecule has 11 nitrogen and oxygen atoms in total. The molecular formula is C18H31N5O6.